The highest BCUT2D eigenvalue weighted by Gasteiger charge is 2.12. The molecule has 0 heterocycles. The predicted octanol–water partition coefficient (Wildman–Crippen LogP) is 3.49. The molecule has 0 spiro atoms. The van der Waals surface area contributed by atoms with Crippen LogP contribution >= 0.6 is 24.0 Å². The molecule has 0 aliphatic heterocycles. The Bertz CT molecular complexity index is 470. The van der Waals surface area contributed by atoms with Gasteiger partial charge in [0, 0.05) is 25.4 Å². The molecule has 0 bridgehead atoms. The quantitative estimate of drug-likeness (QED) is 0.197. The minimum absolute atomic E-state index is 0. The highest BCUT2D eigenvalue weighted by atomic mass is 127. The van der Waals surface area contributed by atoms with Gasteiger partial charge in [-0.3, -0.25) is 0 Å². The van der Waals surface area contributed by atoms with Crippen LogP contribution in [0.15, 0.2) is 29.3 Å². The molecule has 0 saturated heterocycles. The fourth-order valence-corrected chi connectivity index (χ4v) is 2.88. The van der Waals surface area contributed by atoms with E-state index in [9.17, 15) is 0 Å². The first-order chi connectivity index (χ1) is 11.3. The normalized spacial score (nSPS) is 16.1. The van der Waals surface area contributed by atoms with Crippen LogP contribution < -0.4 is 16.4 Å². The second-order valence-corrected chi connectivity index (χ2v) is 6.15. The Kier molecular flexibility index (Phi) is 10.8. The number of nitrogens with zero attached hydrogens (tertiary/aromatic N) is 1. The van der Waals surface area contributed by atoms with Gasteiger partial charge in [0.2, 0.25) is 0 Å². The number of hydrogen-bond donors (Lipinski definition) is 3. The van der Waals surface area contributed by atoms with Crippen molar-refractivity contribution < 1.29 is 4.74 Å². The molecule has 1 aromatic carbocycles. The van der Waals surface area contributed by atoms with E-state index >= 15 is 0 Å². The number of benzene rings is 1. The fourth-order valence-electron chi connectivity index (χ4n) is 2.88. The first kappa shape index (κ1) is 21.0. The van der Waals surface area contributed by atoms with E-state index in [0.717, 1.165) is 17.8 Å². The second-order valence-electron chi connectivity index (χ2n) is 6.15. The van der Waals surface area contributed by atoms with Crippen LogP contribution in [-0.2, 0) is 11.3 Å². The van der Waals surface area contributed by atoms with Crippen molar-refractivity contribution in [1.82, 2.24) is 5.32 Å². The molecule has 6 heteroatoms. The van der Waals surface area contributed by atoms with Crippen molar-refractivity contribution in [2.24, 2.45) is 10.7 Å². The fraction of sp³-hybridized carbons (Fsp3) is 0.611. The number of methoxy groups -OCH3 is 1. The summed E-state index contributed by atoms with van der Waals surface area (Å²) in [5, 5.41) is 6.68. The number of ether oxygens (including phenoxy) is 1. The van der Waals surface area contributed by atoms with E-state index in [1.807, 2.05) is 0 Å². The number of hydrogen-bond acceptors (Lipinski definition) is 3. The molecule has 136 valence electrons. The summed E-state index contributed by atoms with van der Waals surface area (Å²) >= 11 is 0. The smallest absolute Gasteiger partial charge is 0.189 e. The van der Waals surface area contributed by atoms with Crippen LogP contribution in [0.4, 0.5) is 5.69 Å². The summed E-state index contributed by atoms with van der Waals surface area (Å²) in [5.74, 6) is 0.569. The molecule has 0 atom stereocenters. The lowest BCUT2D eigenvalue weighted by Gasteiger charge is -2.16. The van der Waals surface area contributed by atoms with Crippen LogP contribution in [0.2, 0.25) is 0 Å². The summed E-state index contributed by atoms with van der Waals surface area (Å²) in [5.41, 5.74) is 8.28. The number of nitrogens with two attached hydrogens (primary N) is 1. The van der Waals surface area contributed by atoms with Gasteiger partial charge in [-0.1, -0.05) is 37.8 Å². The monoisotopic (exact) mass is 446 g/mol. The molecule has 0 aromatic heterocycles. The van der Waals surface area contributed by atoms with E-state index in [1.165, 1.54) is 38.5 Å². The molecule has 0 radical (unpaired) electrons. The lowest BCUT2D eigenvalue weighted by atomic mass is 10.1. The SMILES string of the molecule is COCCNc1ccc(CN=C(N)NC2CCCCCC2)cc1.I. The topological polar surface area (TPSA) is 71.7 Å². The zero-order chi connectivity index (χ0) is 16.3. The van der Waals surface area contributed by atoms with Gasteiger partial charge in [-0.25, -0.2) is 4.99 Å². The lowest BCUT2D eigenvalue weighted by Crippen LogP contribution is -2.39. The highest BCUT2D eigenvalue weighted by molar-refractivity contribution is 14.0. The maximum absolute atomic E-state index is 6.03. The number of aliphatic imine (C=N–C) groups is 1. The molecule has 24 heavy (non-hydrogen) atoms. The Labute approximate surface area is 162 Å². The van der Waals surface area contributed by atoms with E-state index in [2.05, 4.69) is 39.9 Å². The zero-order valence-corrected chi connectivity index (χ0v) is 16.9. The van der Waals surface area contributed by atoms with Crippen LogP contribution in [0, 0.1) is 0 Å². The minimum Gasteiger partial charge on any atom is -0.383 e. The summed E-state index contributed by atoms with van der Waals surface area (Å²) in [6, 6.07) is 8.79. The van der Waals surface area contributed by atoms with Crippen LogP contribution in [0.5, 0.6) is 0 Å². The molecule has 1 aliphatic carbocycles. The van der Waals surface area contributed by atoms with Crippen molar-refractivity contribution in [2.75, 3.05) is 25.6 Å². The Morgan fingerprint density at radius 1 is 1.17 bits per heavy atom. The molecular weight excluding hydrogens is 415 g/mol. The summed E-state index contributed by atoms with van der Waals surface area (Å²) in [7, 11) is 1.70. The Hall–Kier alpha value is -1.02. The predicted molar refractivity (Wildman–Crippen MR) is 112 cm³/mol. The highest BCUT2D eigenvalue weighted by Crippen LogP contribution is 2.17. The van der Waals surface area contributed by atoms with Crippen LogP contribution in [0.1, 0.15) is 44.1 Å². The zero-order valence-electron chi connectivity index (χ0n) is 14.6. The maximum Gasteiger partial charge on any atom is 0.189 e. The third-order valence-corrected chi connectivity index (χ3v) is 4.23. The van der Waals surface area contributed by atoms with E-state index < -0.39 is 0 Å². The molecule has 0 amide bonds. The summed E-state index contributed by atoms with van der Waals surface area (Å²) < 4.78 is 5.02. The number of guanidine groups is 1. The largest absolute Gasteiger partial charge is 0.383 e. The third kappa shape index (κ3) is 8.19. The molecular formula is C18H31IN4O. The van der Waals surface area contributed by atoms with Gasteiger partial charge < -0.3 is 21.1 Å². The minimum atomic E-state index is 0. The summed E-state index contributed by atoms with van der Waals surface area (Å²) in [6.07, 6.45) is 7.70. The average molecular weight is 446 g/mol. The van der Waals surface area contributed by atoms with E-state index in [4.69, 9.17) is 10.5 Å². The number of nitrogens with one attached hydrogen (secondary N) is 2. The molecule has 2 rings (SSSR count). The maximum atomic E-state index is 6.03. The van der Waals surface area contributed by atoms with Gasteiger partial charge in [0.15, 0.2) is 5.96 Å². The molecule has 1 aromatic rings. The van der Waals surface area contributed by atoms with Crippen molar-refractivity contribution in [3.63, 3.8) is 0 Å². The van der Waals surface area contributed by atoms with Gasteiger partial charge >= 0.3 is 0 Å². The standard InChI is InChI=1S/C18H30N4O.HI/c1-23-13-12-20-16-10-8-15(9-11-16)14-21-18(19)22-17-6-4-2-3-5-7-17;/h8-11,17,20H,2-7,12-14H2,1H3,(H3,19,21,22);1H. The van der Waals surface area contributed by atoms with Gasteiger partial charge in [0.1, 0.15) is 0 Å². The van der Waals surface area contributed by atoms with E-state index in [0.29, 0.717) is 25.2 Å². The van der Waals surface area contributed by atoms with Crippen molar-refractivity contribution in [3.8, 4) is 0 Å². The Morgan fingerprint density at radius 2 is 1.83 bits per heavy atom. The van der Waals surface area contributed by atoms with Crippen molar-refractivity contribution in [2.45, 2.75) is 51.1 Å². The van der Waals surface area contributed by atoms with Gasteiger partial charge in [0.25, 0.3) is 0 Å². The summed E-state index contributed by atoms with van der Waals surface area (Å²) in [6.45, 7) is 2.13. The molecule has 5 nitrogen and oxygen atoms in total. The van der Waals surface area contributed by atoms with Gasteiger partial charge in [0.05, 0.1) is 13.2 Å². The van der Waals surface area contributed by atoms with Gasteiger partial charge in [-0.2, -0.15) is 0 Å². The molecule has 1 saturated carbocycles. The first-order valence-electron chi connectivity index (χ1n) is 8.66. The summed E-state index contributed by atoms with van der Waals surface area (Å²) in [4.78, 5) is 4.47. The number of anilines is 1. The van der Waals surface area contributed by atoms with Crippen molar-refractivity contribution in [1.29, 1.82) is 0 Å². The van der Waals surface area contributed by atoms with Gasteiger partial charge in [-0.05, 0) is 30.5 Å². The first-order valence-corrected chi connectivity index (χ1v) is 8.66. The van der Waals surface area contributed by atoms with E-state index in [1.54, 1.807) is 7.11 Å². The second kappa shape index (κ2) is 12.4. The molecule has 0 unspecified atom stereocenters. The molecule has 4 N–H and O–H groups in total. The van der Waals surface area contributed by atoms with Gasteiger partial charge in [-0.15, -0.1) is 24.0 Å². The number of halogens is 1. The Balaban J connectivity index is 0.00000288. The third-order valence-electron chi connectivity index (χ3n) is 4.23. The lowest BCUT2D eigenvalue weighted by molar-refractivity contribution is 0.211. The van der Waals surface area contributed by atoms with Crippen molar-refractivity contribution in [3.05, 3.63) is 29.8 Å². The van der Waals surface area contributed by atoms with Crippen LogP contribution in [0.25, 0.3) is 0 Å². The number of rotatable bonds is 7. The average Bonchev–Trinajstić information content (AvgIpc) is 2.83. The van der Waals surface area contributed by atoms with Crippen LogP contribution in [-0.4, -0.2) is 32.3 Å². The van der Waals surface area contributed by atoms with Crippen LogP contribution in [0.3, 0.4) is 0 Å². The van der Waals surface area contributed by atoms with E-state index in [-0.39, 0.29) is 24.0 Å². The van der Waals surface area contributed by atoms with Crippen molar-refractivity contribution >= 4 is 35.6 Å². The Morgan fingerprint density at radius 3 is 2.46 bits per heavy atom. The molecule has 1 aliphatic rings. The molecule has 1 fully saturated rings.